The van der Waals surface area contributed by atoms with Gasteiger partial charge < -0.3 is 5.32 Å². The highest BCUT2D eigenvalue weighted by Crippen LogP contribution is 2.21. The first kappa shape index (κ1) is 18.6. The fourth-order valence-corrected chi connectivity index (χ4v) is 3.98. The summed E-state index contributed by atoms with van der Waals surface area (Å²) < 4.78 is 13.1. The lowest BCUT2D eigenvalue weighted by Gasteiger charge is -2.37. The summed E-state index contributed by atoms with van der Waals surface area (Å²) in [5, 5.41) is 3.67. The molecule has 0 radical (unpaired) electrons. The van der Waals surface area contributed by atoms with E-state index in [0.717, 1.165) is 51.1 Å². The molecule has 138 valence electrons. The summed E-state index contributed by atoms with van der Waals surface area (Å²) >= 11 is 6.12. The lowest BCUT2D eigenvalue weighted by atomic mass is 10.1. The van der Waals surface area contributed by atoms with Crippen molar-refractivity contribution in [2.45, 2.75) is 51.2 Å². The summed E-state index contributed by atoms with van der Waals surface area (Å²) in [5.41, 5.74) is 0.948. The quantitative estimate of drug-likeness (QED) is 0.868. The maximum absolute atomic E-state index is 13.1. The summed E-state index contributed by atoms with van der Waals surface area (Å²) in [5.74, 6) is -0.150. The zero-order chi connectivity index (χ0) is 17.8. The van der Waals surface area contributed by atoms with Crippen LogP contribution in [0.5, 0.6) is 0 Å². The number of carbonyl (C=O) groups excluding carboxylic acids is 1. The Bertz CT molecular complexity index is 598. The molecule has 0 spiro atoms. The number of hydrogen-bond acceptors (Lipinski definition) is 3. The van der Waals surface area contributed by atoms with Crippen LogP contribution in [0.4, 0.5) is 4.39 Å². The van der Waals surface area contributed by atoms with Crippen LogP contribution >= 0.6 is 11.6 Å². The second kappa shape index (κ2) is 8.47. The zero-order valence-corrected chi connectivity index (χ0v) is 15.6. The van der Waals surface area contributed by atoms with Crippen LogP contribution in [0, 0.1) is 5.82 Å². The molecule has 1 heterocycles. The van der Waals surface area contributed by atoms with Crippen LogP contribution in [-0.2, 0) is 11.3 Å². The standard InChI is InChI=1S/C19H27ClFN3O/c1-14(19(25)22-17-4-2-3-5-17)24-10-8-23(9-11-24)13-15-6-7-16(21)12-18(15)20/h6-7,12,14,17H,2-5,8-11,13H2,1H3,(H,22,25). The van der Waals surface area contributed by atoms with Crippen molar-refractivity contribution in [3.8, 4) is 0 Å². The predicted molar refractivity (Wildman–Crippen MR) is 98.1 cm³/mol. The molecule has 1 aromatic rings. The maximum atomic E-state index is 13.1. The van der Waals surface area contributed by atoms with Crippen molar-refractivity contribution in [1.29, 1.82) is 0 Å². The second-order valence-electron chi connectivity index (χ2n) is 7.21. The Hall–Kier alpha value is -1.17. The van der Waals surface area contributed by atoms with Crippen LogP contribution in [0.2, 0.25) is 5.02 Å². The van der Waals surface area contributed by atoms with E-state index in [1.807, 2.05) is 6.92 Å². The molecular weight excluding hydrogens is 341 g/mol. The van der Waals surface area contributed by atoms with Gasteiger partial charge in [0.15, 0.2) is 0 Å². The highest BCUT2D eigenvalue weighted by molar-refractivity contribution is 6.31. The first-order valence-electron chi connectivity index (χ1n) is 9.23. The van der Waals surface area contributed by atoms with E-state index in [9.17, 15) is 9.18 Å². The molecule has 6 heteroatoms. The van der Waals surface area contributed by atoms with Crippen molar-refractivity contribution < 1.29 is 9.18 Å². The molecule has 1 aliphatic heterocycles. The van der Waals surface area contributed by atoms with Crippen molar-refractivity contribution in [3.05, 3.63) is 34.6 Å². The van der Waals surface area contributed by atoms with Gasteiger partial charge in [-0.1, -0.05) is 30.5 Å². The smallest absolute Gasteiger partial charge is 0.237 e. The van der Waals surface area contributed by atoms with Crippen molar-refractivity contribution in [1.82, 2.24) is 15.1 Å². The van der Waals surface area contributed by atoms with Crippen LogP contribution < -0.4 is 5.32 Å². The van der Waals surface area contributed by atoms with Gasteiger partial charge in [0.2, 0.25) is 5.91 Å². The molecule has 1 saturated heterocycles. The Morgan fingerprint density at radius 1 is 1.28 bits per heavy atom. The number of rotatable bonds is 5. The van der Waals surface area contributed by atoms with E-state index in [1.165, 1.54) is 25.0 Å². The number of piperazine rings is 1. The number of nitrogens with one attached hydrogen (secondary N) is 1. The average Bonchev–Trinajstić information content (AvgIpc) is 3.10. The van der Waals surface area contributed by atoms with Gasteiger partial charge in [-0.2, -0.15) is 0 Å². The number of benzene rings is 1. The predicted octanol–water partition coefficient (Wildman–Crippen LogP) is 3.04. The lowest BCUT2D eigenvalue weighted by Crippen LogP contribution is -2.54. The Morgan fingerprint density at radius 2 is 1.96 bits per heavy atom. The number of amides is 1. The molecule has 0 bridgehead atoms. The number of hydrogen-bond donors (Lipinski definition) is 1. The van der Waals surface area contributed by atoms with Crippen LogP contribution in [0.25, 0.3) is 0 Å². The first-order valence-corrected chi connectivity index (χ1v) is 9.61. The fraction of sp³-hybridized carbons (Fsp3) is 0.632. The van der Waals surface area contributed by atoms with Gasteiger partial charge in [0, 0.05) is 43.8 Å². The minimum atomic E-state index is -0.305. The van der Waals surface area contributed by atoms with Gasteiger partial charge in [0.05, 0.1) is 6.04 Å². The number of carbonyl (C=O) groups is 1. The molecule has 1 saturated carbocycles. The molecular formula is C19H27ClFN3O. The van der Waals surface area contributed by atoms with Gasteiger partial charge in [0.25, 0.3) is 0 Å². The Kier molecular flexibility index (Phi) is 6.31. The molecule has 1 atom stereocenters. The van der Waals surface area contributed by atoms with E-state index in [1.54, 1.807) is 6.07 Å². The Labute approximate surface area is 154 Å². The molecule has 25 heavy (non-hydrogen) atoms. The second-order valence-corrected chi connectivity index (χ2v) is 7.62. The number of nitrogens with zero attached hydrogens (tertiary/aromatic N) is 2. The molecule has 1 aromatic carbocycles. The minimum absolute atomic E-state index is 0.0860. The van der Waals surface area contributed by atoms with Crippen molar-refractivity contribution in [2.24, 2.45) is 0 Å². The third-order valence-electron chi connectivity index (χ3n) is 5.44. The summed E-state index contributed by atoms with van der Waals surface area (Å²) in [6.45, 7) is 6.20. The molecule has 2 fully saturated rings. The Balaban J connectivity index is 1.46. The van der Waals surface area contributed by atoms with E-state index in [2.05, 4.69) is 15.1 Å². The van der Waals surface area contributed by atoms with Crippen molar-refractivity contribution in [2.75, 3.05) is 26.2 Å². The van der Waals surface area contributed by atoms with E-state index in [-0.39, 0.29) is 17.8 Å². The van der Waals surface area contributed by atoms with Crippen LogP contribution in [0.15, 0.2) is 18.2 Å². The molecule has 4 nitrogen and oxygen atoms in total. The van der Waals surface area contributed by atoms with Gasteiger partial charge in [-0.3, -0.25) is 14.6 Å². The summed E-state index contributed by atoms with van der Waals surface area (Å²) in [6, 6.07) is 4.85. The van der Waals surface area contributed by atoms with E-state index in [4.69, 9.17) is 11.6 Å². The van der Waals surface area contributed by atoms with Gasteiger partial charge in [-0.05, 0) is 37.5 Å². The van der Waals surface area contributed by atoms with Gasteiger partial charge in [0.1, 0.15) is 5.82 Å². The zero-order valence-electron chi connectivity index (χ0n) is 14.8. The average molecular weight is 368 g/mol. The SMILES string of the molecule is CC(C(=O)NC1CCCC1)N1CCN(Cc2ccc(F)cc2Cl)CC1. The van der Waals surface area contributed by atoms with Crippen molar-refractivity contribution >= 4 is 17.5 Å². The molecule has 1 unspecified atom stereocenters. The monoisotopic (exact) mass is 367 g/mol. The molecule has 1 N–H and O–H groups in total. The first-order chi connectivity index (χ1) is 12.0. The van der Waals surface area contributed by atoms with Gasteiger partial charge in [-0.15, -0.1) is 0 Å². The molecule has 3 rings (SSSR count). The van der Waals surface area contributed by atoms with Crippen LogP contribution in [0.3, 0.4) is 0 Å². The summed E-state index contributed by atoms with van der Waals surface area (Å²) in [4.78, 5) is 17.0. The van der Waals surface area contributed by atoms with Crippen molar-refractivity contribution in [3.63, 3.8) is 0 Å². The Morgan fingerprint density at radius 3 is 2.60 bits per heavy atom. The summed E-state index contributed by atoms with van der Waals surface area (Å²) in [6.07, 6.45) is 4.68. The highest BCUT2D eigenvalue weighted by atomic mass is 35.5. The molecule has 2 aliphatic rings. The number of halogens is 2. The maximum Gasteiger partial charge on any atom is 0.237 e. The lowest BCUT2D eigenvalue weighted by molar-refractivity contribution is -0.127. The van der Waals surface area contributed by atoms with Crippen LogP contribution in [0.1, 0.15) is 38.2 Å². The normalized spacial score (nSPS) is 21.4. The largest absolute Gasteiger partial charge is 0.352 e. The van der Waals surface area contributed by atoms with Gasteiger partial charge in [-0.25, -0.2) is 4.39 Å². The highest BCUT2D eigenvalue weighted by Gasteiger charge is 2.27. The van der Waals surface area contributed by atoms with Crippen LogP contribution in [-0.4, -0.2) is 54.0 Å². The van der Waals surface area contributed by atoms with E-state index < -0.39 is 0 Å². The minimum Gasteiger partial charge on any atom is -0.352 e. The van der Waals surface area contributed by atoms with E-state index in [0.29, 0.717) is 11.1 Å². The molecule has 0 aromatic heterocycles. The third kappa shape index (κ3) is 4.93. The fourth-order valence-electron chi connectivity index (χ4n) is 3.76. The van der Waals surface area contributed by atoms with Gasteiger partial charge >= 0.3 is 0 Å². The third-order valence-corrected chi connectivity index (χ3v) is 5.80. The molecule has 1 aliphatic carbocycles. The van der Waals surface area contributed by atoms with E-state index >= 15 is 0 Å². The summed E-state index contributed by atoms with van der Waals surface area (Å²) in [7, 11) is 0. The molecule has 1 amide bonds. The topological polar surface area (TPSA) is 35.6 Å².